The Kier molecular flexibility index (Phi) is 1.54. The van der Waals surface area contributed by atoms with E-state index in [0.29, 0.717) is 10.4 Å². The van der Waals surface area contributed by atoms with Crippen LogP contribution in [0.1, 0.15) is 0 Å². The van der Waals surface area contributed by atoms with Crippen LogP contribution in [-0.4, -0.2) is 9.97 Å². The maximum absolute atomic E-state index is 5.17. The molecule has 0 bridgehead atoms. The van der Waals surface area contributed by atoms with Crippen molar-refractivity contribution in [1.29, 1.82) is 0 Å². The number of hydrogen-bond donors (Lipinski definition) is 1. The van der Waals surface area contributed by atoms with E-state index in [-0.39, 0.29) is 0 Å². The van der Waals surface area contributed by atoms with Crippen LogP contribution in [0.3, 0.4) is 0 Å². The molecule has 3 nitrogen and oxygen atoms in total. The molecule has 0 saturated heterocycles. The second-order valence-corrected chi connectivity index (χ2v) is 3.24. The summed E-state index contributed by atoms with van der Waals surface area (Å²) in [7, 11) is 0. The highest BCUT2D eigenvalue weighted by molar-refractivity contribution is 9.10. The standard InChI is InChI=1S/C6H3BrN2OS/c7-3-1-8-2-4-5(3)10-6(11)9-4/h1-2H,(H,9,11). The minimum atomic E-state index is 0.369. The Hall–Kier alpha value is -0.680. The quantitative estimate of drug-likeness (QED) is 0.708. The van der Waals surface area contributed by atoms with E-state index in [4.69, 9.17) is 16.6 Å². The van der Waals surface area contributed by atoms with Crippen molar-refractivity contribution in [2.45, 2.75) is 0 Å². The van der Waals surface area contributed by atoms with Gasteiger partial charge in [0.05, 0.1) is 10.7 Å². The van der Waals surface area contributed by atoms with Crippen LogP contribution in [0.2, 0.25) is 0 Å². The van der Waals surface area contributed by atoms with E-state index in [1.54, 1.807) is 12.4 Å². The largest absolute Gasteiger partial charge is 0.428 e. The van der Waals surface area contributed by atoms with E-state index >= 15 is 0 Å². The first kappa shape index (κ1) is 7.00. The number of fused-ring (bicyclic) bond motifs is 1. The third-order valence-corrected chi connectivity index (χ3v) is 2.03. The molecule has 11 heavy (non-hydrogen) atoms. The van der Waals surface area contributed by atoms with Gasteiger partial charge < -0.3 is 9.40 Å². The average molecular weight is 231 g/mol. The van der Waals surface area contributed by atoms with E-state index in [9.17, 15) is 0 Å². The Morgan fingerprint density at radius 2 is 2.36 bits per heavy atom. The molecule has 0 aromatic carbocycles. The maximum atomic E-state index is 5.17. The molecule has 2 aromatic heterocycles. The van der Waals surface area contributed by atoms with Gasteiger partial charge in [0.25, 0.3) is 4.84 Å². The van der Waals surface area contributed by atoms with Crippen LogP contribution in [0, 0.1) is 4.84 Å². The molecule has 0 amide bonds. The highest BCUT2D eigenvalue weighted by atomic mass is 79.9. The van der Waals surface area contributed by atoms with E-state index < -0.39 is 0 Å². The van der Waals surface area contributed by atoms with Gasteiger partial charge in [-0.1, -0.05) is 0 Å². The first-order valence-electron chi connectivity index (χ1n) is 2.90. The van der Waals surface area contributed by atoms with Gasteiger partial charge in [0.2, 0.25) is 0 Å². The molecule has 0 spiro atoms. The maximum Gasteiger partial charge on any atom is 0.266 e. The van der Waals surface area contributed by atoms with Gasteiger partial charge in [-0.15, -0.1) is 0 Å². The molecule has 0 aliphatic carbocycles. The van der Waals surface area contributed by atoms with E-state index in [1.807, 2.05) is 0 Å². The topological polar surface area (TPSA) is 41.8 Å². The van der Waals surface area contributed by atoms with Crippen LogP contribution in [0.5, 0.6) is 0 Å². The number of oxazole rings is 1. The number of nitrogens with zero attached hydrogens (tertiary/aromatic N) is 1. The second kappa shape index (κ2) is 2.42. The molecule has 2 rings (SSSR count). The van der Waals surface area contributed by atoms with Gasteiger partial charge >= 0.3 is 0 Å². The molecule has 2 aromatic rings. The van der Waals surface area contributed by atoms with Crippen LogP contribution >= 0.6 is 28.1 Å². The number of aromatic amines is 1. The highest BCUT2D eigenvalue weighted by Crippen LogP contribution is 2.21. The van der Waals surface area contributed by atoms with Crippen molar-refractivity contribution in [3.63, 3.8) is 0 Å². The molecule has 0 atom stereocenters. The Balaban J connectivity index is 3.01. The van der Waals surface area contributed by atoms with Crippen molar-refractivity contribution in [2.75, 3.05) is 0 Å². The van der Waals surface area contributed by atoms with Crippen molar-refractivity contribution in [3.05, 3.63) is 21.7 Å². The van der Waals surface area contributed by atoms with Crippen molar-refractivity contribution in [2.24, 2.45) is 0 Å². The Morgan fingerprint density at radius 1 is 1.55 bits per heavy atom. The Morgan fingerprint density at radius 3 is 3.09 bits per heavy atom. The zero-order chi connectivity index (χ0) is 7.84. The number of pyridine rings is 1. The predicted molar refractivity (Wildman–Crippen MR) is 46.9 cm³/mol. The molecule has 0 aliphatic heterocycles. The summed E-state index contributed by atoms with van der Waals surface area (Å²) in [6, 6.07) is 0. The number of nitrogens with one attached hydrogen (secondary N) is 1. The van der Waals surface area contributed by atoms with Crippen molar-refractivity contribution in [1.82, 2.24) is 9.97 Å². The minimum absolute atomic E-state index is 0.369. The van der Waals surface area contributed by atoms with Gasteiger partial charge in [-0.3, -0.25) is 4.98 Å². The van der Waals surface area contributed by atoms with Crippen LogP contribution in [0.25, 0.3) is 11.1 Å². The number of H-pyrrole nitrogens is 1. The number of rotatable bonds is 0. The molecule has 1 N–H and O–H groups in total. The first-order chi connectivity index (χ1) is 5.27. The van der Waals surface area contributed by atoms with Crippen LogP contribution < -0.4 is 0 Å². The van der Waals surface area contributed by atoms with E-state index in [1.165, 1.54) is 0 Å². The van der Waals surface area contributed by atoms with Gasteiger partial charge in [-0.25, -0.2) is 0 Å². The lowest BCUT2D eigenvalue weighted by atomic mass is 10.4. The molecule has 0 radical (unpaired) electrons. The van der Waals surface area contributed by atoms with Crippen molar-refractivity contribution in [3.8, 4) is 0 Å². The highest BCUT2D eigenvalue weighted by Gasteiger charge is 2.01. The summed E-state index contributed by atoms with van der Waals surface area (Å²) in [6.45, 7) is 0. The molecule has 5 heteroatoms. The summed E-state index contributed by atoms with van der Waals surface area (Å²) in [5.74, 6) is 0. The monoisotopic (exact) mass is 230 g/mol. The first-order valence-corrected chi connectivity index (χ1v) is 4.10. The number of hydrogen-bond acceptors (Lipinski definition) is 3. The molecule has 0 saturated carbocycles. The fraction of sp³-hybridized carbons (Fsp3) is 0. The predicted octanol–water partition coefficient (Wildman–Crippen LogP) is 2.65. The summed E-state index contributed by atoms with van der Waals surface area (Å²) in [4.78, 5) is 7.17. The smallest absolute Gasteiger partial charge is 0.266 e. The molecule has 0 unspecified atom stereocenters. The van der Waals surface area contributed by atoms with Crippen molar-refractivity contribution < 1.29 is 4.42 Å². The minimum Gasteiger partial charge on any atom is -0.428 e. The van der Waals surface area contributed by atoms with E-state index in [0.717, 1.165) is 9.99 Å². The molecule has 0 aliphatic rings. The molecular formula is C6H3BrN2OS. The summed E-state index contributed by atoms with van der Waals surface area (Å²) in [5.41, 5.74) is 1.52. The average Bonchev–Trinajstić information content (AvgIpc) is 2.31. The SMILES string of the molecule is S=c1[nH]c2cncc(Br)c2o1. The van der Waals surface area contributed by atoms with Gasteiger partial charge in [0.15, 0.2) is 5.58 Å². The van der Waals surface area contributed by atoms with Crippen LogP contribution in [0.4, 0.5) is 0 Å². The molecule has 0 fully saturated rings. The second-order valence-electron chi connectivity index (χ2n) is 2.01. The summed E-state index contributed by atoms with van der Waals surface area (Å²) in [6.07, 6.45) is 3.33. The number of aromatic nitrogens is 2. The summed E-state index contributed by atoms with van der Waals surface area (Å²) >= 11 is 8.09. The van der Waals surface area contributed by atoms with E-state index in [2.05, 4.69) is 25.9 Å². The summed E-state index contributed by atoms with van der Waals surface area (Å²) in [5, 5.41) is 0. The lowest BCUT2D eigenvalue weighted by Gasteiger charge is -1.87. The Bertz CT molecular complexity index is 447. The fourth-order valence-electron chi connectivity index (χ4n) is 0.844. The van der Waals surface area contributed by atoms with Gasteiger partial charge in [-0.2, -0.15) is 0 Å². The third kappa shape index (κ3) is 1.10. The number of halogens is 1. The molecule has 2 heterocycles. The van der Waals surface area contributed by atoms with Gasteiger partial charge in [0.1, 0.15) is 5.52 Å². The van der Waals surface area contributed by atoms with Gasteiger partial charge in [-0.05, 0) is 28.1 Å². The molecule has 56 valence electrons. The lowest BCUT2D eigenvalue weighted by molar-refractivity contribution is 0.581. The van der Waals surface area contributed by atoms with Crippen LogP contribution in [-0.2, 0) is 0 Å². The zero-order valence-corrected chi connectivity index (χ0v) is 7.70. The summed E-state index contributed by atoms with van der Waals surface area (Å²) < 4.78 is 5.98. The normalized spacial score (nSPS) is 10.6. The third-order valence-electron chi connectivity index (χ3n) is 1.28. The molecular weight excluding hydrogens is 228 g/mol. The fourth-order valence-corrected chi connectivity index (χ4v) is 1.45. The van der Waals surface area contributed by atoms with Crippen molar-refractivity contribution >= 4 is 39.2 Å². The van der Waals surface area contributed by atoms with Crippen LogP contribution in [0.15, 0.2) is 21.3 Å². The lowest BCUT2D eigenvalue weighted by Crippen LogP contribution is -1.72. The zero-order valence-electron chi connectivity index (χ0n) is 5.30. The Labute approximate surface area is 75.6 Å². The van der Waals surface area contributed by atoms with Gasteiger partial charge in [0, 0.05) is 6.20 Å².